The summed E-state index contributed by atoms with van der Waals surface area (Å²) in [6.07, 6.45) is 1.13. The average Bonchev–Trinajstić information content (AvgIpc) is 2.25. The summed E-state index contributed by atoms with van der Waals surface area (Å²) in [6.45, 7) is 5.25. The number of hydrogen-bond acceptors (Lipinski definition) is 2. The maximum absolute atomic E-state index is 3.55. The van der Waals surface area contributed by atoms with Gasteiger partial charge >= 0.3 is 0 Å². The third-order valence-electron chi connectivity index (χ3n) is 2.86. The summed E-state index contributed by atoms with van der Waals surface area (Å²) in [5.74, 6) is 0. The van der Waals surface area contributed by atoms with Crippen molar-refractivity contribution in [2.75, 3.05) is 13.1 Å². The fourth-order valence-electron chi connectivity index (χ4n) is 2.01. The van der Waals surface area contributed by atoms with Crippen molar-refractivity contribution in [2.24, 2.45) is 0 Å². The monoisotopic (exact) mass is 268 g/mol. The van der Waals surface area contributed by atoms with E-state index >= 15 is 0 Å². The van der Waals surface area contributed by atoms with Crippen molar-refractivity contribution in [1.82, 2.24) is 10.6 Å². The SMILES string of the molecule is CCNCC1Cc2cc(Br)ccc2CN1. The van der Waals surface area contributed by atoms with Gasteiger partial charge in [-0.2, -0.15) is 0 Å². The summed E-state index contributed by atoms with van der Waals surface area (Å²) in [5, 5.41) is 6.94. The van der Waals surface area contributed by atoms with Crippen LogP contribution in [0.2, 0.25) is 0 Å². The van der Waals surface area contributed by atoms with Crippen LogP contribution in [0.15, 0.2) is 22.7 Å². The first kappa shape index (κ1) is 11.1. The van der Waals surface area contributed by atoms with Gasteiger partial charge in [0.15, 0.2) is 0 Å². The lowest BCUT2D eigenvalue weighted by Crippen LogP contribution is -2.42. The molecule has 2 nitrogen and oxygen atoms in total. The average molecular weight is 269 g/mol. The molecule has 1 aromatic rings. The van der Waals surface area contributed by atoms with Gasteiger partial charge in [-0.05, 0) is 36.2 Å². The molecule has 0 aliphatic carbocycles. The van der Waals surface area contributed by atoms with Crippen LogP contribution in [0.1, 0.15) is 18.1 Å². The van der Waals surface area contributed by atoms with Gasteiger partial charge in [0.25, 0.3) is 0 Å². The van der Waals surface area contributed by atoms with Crippen LogP contribution in [0, 0.1) is 0 Å². The third kappa shape index (κ3) is 2.80. The molecule has 82 valence electrons. The molecule has 0 aromatic heterocycles. The van der Waals surface area contributed by atoms with Gasteiger partial charge in [0, 0.05) is 23.6 Å². The fourth-order valence-corrected chi connectivity index (χ4v) is 2.42. The highest BCUT2D eigenvalue weighted by atomic mass is 79.9. The number of halogens is 1. The first-order valence-electron chi connectivity index (χ1n) is 5.51. The van der Waals surface area contributed by atoms with Gasteiger partial charge in [-0.1, -0.05) is 28.9 Å². The number of likely N-dealkylation sites (N-methyl/N-ethyl adjacent to an activating group) is 1. The Morgan fingerprint density at radius 1 is 1.47 bits per heavy atom. The molecular weight excluding hydrogens is 252 g/mol. The summed E-state index contributed by atoms with van der Waals surface area (Å²) >= 11 is 3.53. The summed E-state index contributed by atoms with van der Waals surface area (Å²) in [5.41, 5.74) is 2.91. The van der Waals surface area contributed by atoms with Crippen molar-refractivity contribution in [3.05, 3.63) is 33.8 Å². The number of fused-ring (bicyclic) bond motifs is 1. The van der Waals surface area contributed by atoms with Crippen LogP contribution in [-0.4, -0.2) is 19.1 Å². The van der Waals surface area contributed by atoms with E-state index in [1.807, 2.05) is 0 Å². The zero-order chi connectivity index (χ0) is 10.7. The predicted molar refractivity (Wildman–Crippen MR) is 67.0 cm³/mol. The molecule has 1 aliphatic rings. The van der Waals surface area contributed by atoms with Crippen molar-refractivity contribution < 1.29 is 0 Å². The molecule has 1 atom stereocenters. The number of benzene rings is 1. The maximum atomic E-state index is 3.55. The second-order valence-corrected chi connectivity index (χ2v) is 4.92. The van der Waals surface area contributed by atoms with E-state index in [0.717, 1.165) is 26.1 Å². The van der Waals surface area contributed by atoms with Crippen molar-refractivity contribution in [1.29, 1.82) is 0 Å². The Morgan fingerprint density at radius 3 is 3.13 bits per heavy atom. The Hall–Kier alpha value is -0.380. The molecule has 0 bridgehead atoms. The molecule has 0 fully saturated rings. The van der Waals surface area contributed by atoms with E-state index < -0.39 is 0 Å². The quantitative estimate of drug-likeness (QED) is 0.877. The van der Waals surface area contributed by atoms with Crippen molar-refractivity contribution in [3.8, 4) is 0 Å². The minimum absolute atomic E-state index is 0.576. The van der Waals surface area contributed by atoms with Crippen molar-refractivity contribution in [3.63, 3.8) is 0 Å². The molecule has 1 heterocycles. The second kappa shape index (κ2) is 5.10. The number of rotatable bonds is 3. The molecule has 0 saturated heterocycles. The third-order valence-corrected chi connectivity index (χ3v) is 3.35. The highest BCUT2D eigenvalue weighted by Crippen LogP contribution is 2.21. The Morgan fingerprint density at radius 2 is 2.33 bits per heavy atom. The topological polar surface area (TPSA) is 24.1 Å². The lowest BCUT2D eigenvalue weighted by molar-refractivity contribution is 0.453. The summed E-state index contributed by atoms with van der Waals surface area (Å²) in [7, 11) is 0. The molecular formula is C12H17BrN2. The lowest BCUT2D eigenvalue weighted by Gasteiger charge is -2.26. The van der Waals surface area contributed by atoms with E-state index in [-0.39, 0.29) is 0 Å². The van der Waals surface area contributed by atoms with Gasteiger partial charge in [0.1, 0.15) is 0 Å². The Labute approximate surface area is 99.6 Å². The predicted octanol–water partition coefficient (Wildman–Crippen LogP) is 2.07. The van der Waals surface area contributed by atoms with E-state index in [9.17, 15) is 0 Å². The Balaban J connectivity index is 2.05. The maximum Gasteiger partial charge on any atom is 0.0236 e. The minimum Gasteiger partial charge on any atom is -0.315 e. The van der Waals surface area contributed by atoms with Crippen molar-refractivity contribution >= 4 is 15.9 Å². The zero-order valence-electron chi connectivity index (χ0n) is 9.02. The molecule has 3 heteroatoms. The van der Waals surface area contributed by atoms with Crippen LogP contribution in [-0.2, 0) is 13.0 Å². The Kier molecular flexibility index (Phi) is 3.78. The van der Waals surface area contributed by atoms with Gasteiger partial charge in [0.2, 0.25) is 0 Å². The minimum atomic E-state index is 0.576. The second-order valence-electron chi connectivity index (χ2n) is 4.00. The molecule has 2 N–H and O–H groups in total. The first-order valence-corrected chi connectivity index (χ1v) is 6.30. The van der Waals surface area contributed by atoms with E-state index in [0.29, 0.717) is 6.04 Å². The van der Waals surface area contributed by atoms with Gasteiger partial charge in [-0.15, -0.1) is 0 Å². The van der Waals surface area contributed by atoms with Crippen LogP contribution >= 0.6 is 15.9 Å². The zero-order valence-corrected chi connectivity index (χ0v) is 10.6. The highest BCUT2D eigenvalue weighted by Gasteiger charge is 2.17. The van der Waals surface area contributed by atoms with Crippen molar-refractivity contribution in [2.45, 2.75) is 25.9 Å². The van der Waals surface area contributed by atoms with Crippen LogP contribution < -0.4 is 10.6 Å². The number of hydrogen-bond donors (Lipinski definition) is 2. The smallest absolute Gasteiger partial charge is 0.0236 e. The molecule has 0 amide bonds. The standard InChI is InChI=1S/C12H17BrN2/c1-2-14-8-12-6-10-5-11(13)4-3-9(10)7-15-12/h3-5,12,14-15H,2,6-8H2,1H3. The molecule has 0 spiro atoms. The molecule has 1 aromatic carbocycles. The molecule has 15 heavy (non-hydrogen) atoms. The van der Waals surface area contributed by atoms with Gasteiger partial charge in [-0.25, -0.2) is 0 Å². The van der Waals surface area contributed by atoms with Crippen LogP contribution in [0.5, 0.6) is 0 Å². The molecule has 1 unspecified atom stereocenters. The summed E-state index contributed by atoms with van der Waals surface area (Å²) < 4.78 is 1.19. The molecule has 0 saturated carbocycles. The van der Waals surface area contributed by atoms with Gasteiger partial charge < -0.3 is 10.6 Å². The lowest BCUT2D eigenvalue weighted by atomic mass is 9.96. The molecule has 0 radical (unpaired) electrons. The Bertz CT molecular complexity index is 338. The largest absolute Gasteiger partial charge is 0.315 e. The summed E-state index contributed by atoms with van der Waals surface area (Å²) in [4.78, 5) is 0. The molecule has 1 aliphatic heterocycles. The normalized spacial score (nSPS) is 20.0. The van der Waals surface area contributed by atoms with Gasteiger partial charge in [0.05, 0.1) is 0 Å². The van der Waals surface area contributed by atoms with E-state index in [1.54, 1.807) is 0 Å². The van der Waals surface area contributed by atoms with Gasteiger partial charge in [-0.3, -0.25) is 0 Å². The number of nitrogens with one attached hydrogen (secondary N) is 2. The fraction of sp³-hybridized carbons (Fsp3) is 0.500. The van der Waals surface area contributed by atoms with E-state index in [2.05, 4.69) is 51.7 Å². The highest BCUT2D eigenvalue weighted by molar-refractivity contribution is 9.10. The van der Waals surface area contributed by atoms with Crippen LogP contribution in [0.3, 0.4) is 0 Å². The van der Waals surface area contributed by atoms with E-state index in [1.165, 1.54) is 15.6 Å². The molecule has 2 rings (SSSR count). The van der Waals surface area contributed by atoms with Crippen LogP contribution in [0.4, 0.5) is 0 Å². The summed E-state index contributed by atoms with van der Waals surface area (Å²) in [6, 6.07) is 7.14. The van der Waals surface area contributed by atoms with E-state index in [4.69, 9.17) is 0 Å². The first-order chi connectivity index (χ1) is 7.29. The van der Waals surface area contributed by atoms with Crippen LogP contribution in [0.25, 0.3) is 0 Å².